The summed E-state index contributed by atoms with van der Waals surface area (Å²) in [4.78, 5) is 12.5. The number of imidazole rings is 1. The SMILES string of the molecule is C=C/C(=C\C(=C/C)c1ccc2[nH]nc(-c3nc4nccc(-c5ccccc5F)c4[nH]3)c2c1)CC1CCCCC1. The molecule has 1 fully saturated rings. The molecule has 6 rings (SSSR count). The number of aromatic amines is 2. The molecule has 2 N–H and O–H groups in total. The van der Waals surface area contributed by atoms with Crippen molar-refractivity contribution >= 4 is 27.6 Å². The van der Waals surface area contributed by atoms with Crippen LogP contribution in [0.15, 0.2) is 85.1 Å². The maximum atomic E-state index is 14.6. The van der Waals surface area contributed by atoms with Crippen molar-refractivity contribution in [2.45, 2.75) is 45.4 Å². The summed E-state index contributed by atoms with van der Waals surface area (Å²) in [5.41, 5.74) is 7.59. The standard InChI is InChI=1S/C33H32FN5/c1-3-21(18-22-10-6-5-7-11-22)19-23(4-2)24-14-15-29-27(20-24)31(39-38-29)33-36-30-26(16-17-35-32(30)37-33)25-12-8-9-13-28(25)34/h3-4,8-9,12-17,19-20,22H,1,5-7,10-11,18H2,2H3,(H,38,39)(H,35,36,37)/b21-19+,23-4+. The van der Waals surface area contributed by atoms with Crippen LogP contribution in [0, 0.1) is 11.7 Å². The molecule has 0 bridgehead atoms. The predicted octanol–water partition coefficient (Wildman–Crippen LogP) is 8.79. The zero-order valence-corrected chi connectivity index (χ0v) is 22.2. The molecule has 5 aromatic rings. The number of H-pyrrole nitrogens is 2. The first-order valence-corrected chi connectivity index (χ1v) is 13.7. The lowest BCUT2D eigenvalue weighted by Crippen LogP contribution is -2.06. The van der Waals surface area contributed by atoms with Crippen molar-refractivity contribution in [3.63, 3.8) is 0 Å². The van der Waals surface area contributed by atoms with E-state index in [1.165, 1.54) is 43.7 Å². The van der Waals surface area contributed by atoms with E-state index in [1.807, 2.05) is 12.1 Å². The van der Waals surface area contributed by atoms with Gasteiger partial charge in [0.25, 0.3) is 0 Å². The van der Waals surface area contributed by atoms with Crippen molar-refractivity contribution in [2.75, 3.05) is 0 Å². The van der Waals surface area contributed by atoms with E-state index in [-0.39, 0.29) is 5.82 Å². The third-order valence-electron chi connectivity index (χ3n) is 7.84. The van der Waals surface area contributed by atoms with E-state index in [1.54, 1.807) is 24.4 Å². The van der Waals surface area contributed by atoms with Crippen LogP contribution >= 0.6 is 0 Å². The number of nitrogens with one attached hydrogen (secondary N) is 2. The summed E-state index contributed by atoms with van der Waals surface area (Å²) in [5, 5.41) is 8.68. The molecule has 1 aliphatic carbocycles. The molecule has 1 aliphatic rings. The third-order valence-corrected chi connectivity index (χ3v) is 7.84. The molecule has 0 unspecified atom stereocenters. The number of hydrogen-bond acceptors (Lipinski definition) is 3. The number of aromatic nitrogens is 5. The van der Waals surface area contributed by atoms with E-state index < -0.39 is 0 Å². The van der Waals surface area contributed by atoms with Gasteiger partial charge in [0.05, 0.1) is 11.0 Å². The maximum absolute atomic E-state index is 14.6. The van der Waals surface area contributed by atoms with Crippen LogP contribution in [0.25, 0.3) is 50.3 Å². The van der Waals surface area contributed by atoms with Crippen LogP contribution in [0.4, 0.5) is 4.39 Å². The van der Waals surface area contributed by atoms with Gasteiger partial charge < -0.3 is 4.98 Å². The van der Waals surface area contributed by atoms with Gasteiger partial charge in [-0.25, -0.2) is 14.4 Å². The Hall–Kier alpha value is -4.32. The highest BCUT2D eigenvalue weighted by molar-refractivity contribution is 5.97. The van der Waals surface area contributed by atoms with Gasteiger partial charge in [0, 0.05) is 22.7 Å². The van der Waals surface area contributed by atoms with Gasteiger partial charge in [0.15, 0.2) is 11.5 Å². The second-order valence-electron chi connectivity index (χ2n) is 10.3. The Kier molecular flexibility index (Phi) is 6.93. The van der Waals surface area contributed by atoms with Gasteiger partial charge in [-0.2, -0.15) is 5.10 Å². The van der Waals surface area contributed by atoms with Gasteiger partial charge in [-0.05, 0) is 60.2 Å². The number of rotatable bonds is 7. The van der Waals surface area contributed by atoms with E-state index in [0.717, 1.165) is 34.4 Å². The maximum Gasteiger partial charge on any atom is 0.178 e. The summed E-state index contributed by atoms with van der Waals surface area (Å²) in [6.07, 6.45) is 15.8. The predicted molar refractivity (Wildman–Crippen MR) is 157 cm³/mol. The topological polar surface area (TPSA) is 70.2 Å². The summed E-state index contributed by atoms with van der Waals surface area (Å²) in [6, 6.07) is 14.9. The molecule has 2 aromatic carbocycles. The molecule has 0 atom stereocenters. The number of nitrogens with zero attached hydrogens (tertiary/aromatic N) is 3. The highest BCUT2D eigenvalue weighted by Gasteiger charge is 2.18. The third kappa shape index (κ3) is 4.94. The summed E-state index contributed by atoms with van der Waals surface area (Å²) in [6.45, 7) is 6.18. The first-order valence-electron chi connectivity index (χ1n) is 13.7. The van der Waals surface area contributed by atoms with Crippen LogP contribution in [0.1, 0.15) is 51.0 Å². The smallest absolute Gasteiger partial charge is 0.178 e. The minimum absolute atomic E-state index is 0.287. The molecule has 3 aromatic heterocycles. The molecule has 6 heteroatoms. The number of benzene rings is 2. The van der Waals surface area contributed by atoms with Crippen LogP contribution in [0.2, 0.25) is 0 Å². The molecule has 0 amide bonds. The molecule has 0 aliphatic heterocycles. The lowest BCUT2D eigenvalue weighted by Gasteiger charge is -2.22. The van der Waals surface area contributed by atoms with Crippen LogP contribution in [-0.2, 0) is 0 Å². The fraction of sp³-hybridized carbons (Fsp3) is 0.242. The van der Waals surface area contributed by atoms with Gasteiger partial charge >= 0.3 is 0 Å². The van der Waals surface area contributed by atoms with Crippen molar-refractivity contribution < 1.29 is 4.39 Å². The van der Waals surface area contributed by atoms with Gasteiger partial charge in [0.2, 0.25) is 0 Å². The summed E-state index contributed by atoms with van der Waals surface area (Å²) in [7, 11) is 0. The highest BCUT2D eigenvalue weighted by atomic mass is 19.1. The second kappa shape index (κ2) is 10.8. The van der Waals surface area contributed by atoms with E-state index >= 15 is 0 Å². The quantitative estimate of drug-likeness (QED) is 0.212. The molecule has 196 valence electrons. The lowest BCUT2D eigenvalue weighted by molar-refractivity contribution is 0.358. The largest absolute Gasteiger partial charge is 0.335 e. The monoisotopic (exact) mass is 517 g/mol. The van der Waals surface area contributed by atoms with Gasteiger partial charge in [-0.15, -0.1) is 0 Å². The normalized spacial score (nSPS) is 15.3. The molecule has 3 heterocycles. The van der Waals surface area contributed by atoms with Crippen molar-refractivity contribution in [2.24, 2.45) is 5.92 Å². The van der Waals surface area contributed by atoms with E-state index in [4.69, 9.17) is 4.98 Å². The number of allylic oxidation sites excluding steroid dienone is 5. The molecule has 39 heavy (non-hydrogen) atoms. The van der Waals surface area contributed by atoms with Crippen molar-refractivity contribution in [1.82, 2.24) is 25.1 Å². The fourth-order valence-electron chi connectivity index (χ4n) is 5.76. The molecule has 5 nitrogen and oxygen atoms in total. The molecule has 0 spiro atoms. The molecule has 0 saturated heterocycles. The zero-order chi connectivity index (χ0) is 26.8. The van der Waals surface area contributed by atoms with Crippen molar-refractivity contribution in [3.8, 4) is 22.6 Å². The van der Waals surface area contributed by atoms with E-state index in [2.05, 4.69) is 64.0 Å². The fourth-order valence-corrected chi connectivity index (χ4v) is 5.76. The minimum atomic E-state index is -0.287. The first-order chi connectivity index (χ1) is 19.1. The molecular weight excluding hydrogens is 485 g/mol. The summed E-state index contributed by atoms with van der Waals surface area (Å²) >= 11 is 0. The van der Waals surface area contributed by atoms with Crippen molar-refractivity contribution in [1.29, 1.82) is 0 Å². The Morgan fingerprint density at radius 1 is 1.08 bits per heavy atom. The average Bonchev–Trinajstić information content (AvgIpc) is 3.60. The molecule has 0 radical (unpaired) electrons. The Labute approximate surface area is 227 Å². The van der Waals surface area contributed by atoms with E-state index in [0.29, 0.717) is 33.8 Å². The minimum Gasteiger partial charge on any atom is -0.335 e. The summed E-state index contributed by atoms with van der Waals surface area (Å²) in [5.74, 6) is 1.05. The van der Waals surface area contributed by atoms with Crippen LogP contribution < -0.4 is 0 Å². The molecular formula is C33H32FN5. The average molecular weight is 518 g/mol. The lowest BCUT2D eigenvalue weighted by atomic mass is 9.84. The van der Waals surface area contributed by atoms with Gasteiger partial charge in [-0.3, -0.25) is 5.10 Å². The van der Waals surface area contributed by atoms with E-state index in [9.17, 15) is 4.39 Å². The Morgan fingerprint density at radius 2 is 1.92 bits per heavy atom. The van der Waals surface area contributed by atoms with Gasteiger partial charge in [-0.1, -0.05) is 81.2 Å². The van der Waals surface area contributed by atoms with Gasteiger partial charge in [0.1, 0.15) is 11.5 Å². The highest BCUT2D eigenvalue weighted by Crippen LogP contribution is 2.34. The number of pyridine rings is 1. The summed E-state index contributed by atoms with van der Waals surface area (Å²) < 4.78 is 14.6. The van der Waals surface area contributed by atoms with Crippen LogP contribution in [0.3, 0.4) is 0 Å². The molecule has 1 saturated carbocycles. The Balaban J connectivity index is 1.37. The van der Waals surface area contributed by atoms with Crippen LogP contribution in [-0.4, -0.2) is 25.1 Å². The number of halogens is 1. The zero-order valence-electron chi connectivity index (χ0n) is 22.2. The second-order valence-corrected chi connectivity index (χ2v) is 10.3. The number of hydrogen-bond donors (Lipinski definition) is 2. The Morgan fingerprint density at radius 3 is 2.72 bits per heavy atom. The number of fused-ring (bicyclic) bond motifs is 2. The first kappa shape index (κ1) is 25.0. The Bertz CT molecular complexity index is 1710. The van der Waals surface area contributed by atoms with Crippen molar-refractivity contribution in [3.05, 3.63) is 96.5 Å². The van der Waals surface area contributed by atoms with Crippen LogP contribution in [0.5, 0.6) is 0 Å².